The van der Waals surface area contributed by atoms with E-state index in [-0.39, 0.29) is 5.78 Å². The highest BCUT2D eigenvalue weighted by Gasteiger charge is 2.07. The van der Waals surface area contributed by atoms with E-state index in [4.69, 9.17) is 0 Å². The van der Waals surface area contributed by atoms with E-state index in [9.17, 15) is 4.79 Å². The number of Topliss-reactive ketones (excluding diaryl/α,β-unsaturated/α-hetero) is 1. The van der Waals surface area contributed by atoms with Gasteiger partial charge in [-0.1, -0.05) is 42.1 Å². The minimum atomic E-state index is 0.226. The van der Waals surface area contributed by atoms with E-state index in [1.165, 1.54) is 5.56 Å². The Hall–Kier alpha value is -1.69. The van der Waals surface area contributed by atoms with Gasteiger partial charge in [-0.2, -0.15) is 0 Å². The number of carbonyl (C=O) groups excluding carboxylic acids is 1. The topological polar surface area (TPSA) is 60.7 Å². The van der Waals surface area contributed by atoms with Crippen molar-refractivity contribution in [3.8, 4) is 0 Å². The lowest BCUT2D eigenvalue weighted by Gasteiger charge is -2.04. The van der Waals surface area contributed by atoms with Gasteiger partial charge in [-0.05, 0) is 29.3 Å². The zero-order valence-corrected chi connectivity index (χ0v) is 11.6. The van der Waals surface area contributed by atoms with Gasteiger partial charge < -0.3 is 4.79 Å². The Labute approximate surface area is 116 Å². The number of benzene rings is 1. The summed E-state index contributed by atoms with van der Waals surface area (Å²) in [4.78, 5) is 10.9. The molecule has 6 heteroatoms. The molecule has 0 spiro atoms. The van der Waals surface area contributed by atoms with Crippen LogP contribution in [0.4, 0.5) is 0 Å². The van der Waals surface area contributed by atoms with Crippen molar-refractivity contribution in [3.05, 3.63) is 35.9 Å². The summed E-state index contributed by atoms with van der Waals surface area (Å²) < 4.78 is 1.79. The standard InChI is InChI=1S/C13H16N4OS/c1-11(18)6-5-9-19-13-14-15-16-17(13)10-12-7-3-2-4-8-12/h2-4,7-8H,5-6,9-10H2,1H3. The van der Waals surface area contributed by atoms with Crippen LogP contribution < -0.4 is 0 Å². The van der Waals surface area contributed by atoms with Crippen LogP contribution in [0.2, 0.25) is 0 Å². The van der Waals surface area contributed by atoms with E-state index >= 15 is 0 Å². The van der Waals surface area contributed by atoms with Crippen LogP contribution in [-0.2, 0) is 11.3 Å². The van der Waals surface area contributed by atoms with Crippen molar-refractivity contribution in [2.45, 2.75) is 31.5 Å². The van der Waals surface area contributed by atoms with Gasteiger partial charge in [-0.3, -0.25) is 0 Å². The maximum atomic E-state index is 10.9. The molecule has 2 aromatic rings. The predicted molar refractivity (Wildman–Crippen MR) is 74.0 cm³/mol. The highest BCUT2D eigenvalue weighted by atomic mass is 32.2. The van der Waals surface area contributed by atoms with Crippen LogP contribution in [0, 0.1) is 0 Å². The summed E-state index contributed by atoms with van der Waals surface area (Å²) in [6.45, 7) is 2.28. The van der Waals surface area contributed by atoms with Crippen molar-refractivity contribution in [3.63, 3.8) is 0 Å². The number of ketones is 1. The third-order valence-electron chi connectivity index (χ3n) is 2.58. The molecule has 5 nitrogen and oxygen atoms in total. The summed E-state index contributed by atoms with van der Waals surface area (Å²) in [6.07, 6.45) is 1.48. The predicted octanol–water partition coefficient (Wildman–Crippen LogP) is 2.18. The molecule has 0 aliphatic heterocycles. The molecule has 0 aliphatic carbocycles. The molecular formula is C13H16N4OS. The molecule has 0 radical (unpaired) electrons. The molecule has 1 aromatic carbocycles. The van der Waals surface area contributed by atoms with Crippen LogP contribution in [-0.4, -0.2) is 31.7 Å². The molecule has 0 amide bonds. The number of carbonyl (C=O) groups is 1. The van der Waals surface area contributed by atoms with Gasteiger partial charge in [0.15, 0.2) is 0 Å². The van der Waals surface area contributed by atoms with Gasteiger partial charge in [0.2, 0.25) is 5.16 Å². The molecule has 2 rings (SSSR count). The summed E-state index contributed by atoms with van der Waals surface area (Å²) in [5, 5.41) is 12.5. The summed E-state index contributed by atoms with van der Waals surface area (Å²) in [5.41, 5.74) is 1.17. The lowest BCUT2D eigenvalue weighted by molar-refractivity contribution is -0.117. The molecule has 0 unspecified atom stereocenters. The van der Waals surface area contributed by atoms with Crippen molar-refractivity contribution < 1.29 is 4.79 Å². The highest BCUT2D eigenvalue weighted by Crippen LogP contribution is 2.16. The zero-order chi connectivity index (χ0) is 13.5. The summed E-state index contributed by atoms with van der Waals surface area (Å²) in [7, 11) is 0. The molecule has 1 aromatic heterocycles. The molecule has 1 heterocycles. The number of hydrogen-bond donors (Lipinski definition) is 0. The second kappa shape index (κ2) is 7.04. The number of thioether (sulfide) groups is 1. The monoisotopic (exact) mass is 276 g/mol. The molecule has 0 aliphatic rings. The Morgan fingerprint density at radius 3 is 2.84 bits per heavy atom. The van der Waals surface area contributed by atoms with E-state index in [0.29, 0.717) is 13.0 Å². The van der Waals surface area contributed by atoms with E-state index in [1.807, 2.05) is 30.3 Å². The Morgan fingerprint density at radius 2 is 2.11 bits per heavy atom. The van der Waals surface area contributed by atoms with E-state index < -0.39 is 0 Å². The van der Waals surface area contributed by atoms with Gasteiger partial charge in [0, 0.05) is 12.2 Å². The second-order valence-electron chi connectivity index (χ2n) is 4.26. The van der Waals surface area contributed by atoms with Crippen molar-refractivity contribution in [1.29, 1.82) is 0 Å². The van der Waals surface area contributed by atoms with Crippen LogP contribution in [0.3, 0.4) is 0 Å². The Bertz CT molecular complexity index is 526. The second-order valence-corrected chi connectivity index (χ2v) is 5.32. The quantitative estimate of drug-likeness (QED) is 0.573. The number of nitrogens with zero attached hydrogens (tertiary/aromatic N) is 4. The Balaban J connectivity index is 1.89. The lowest BCUT2D eigenvalue weighted by Crippen LogP contribution is -2.04. The third kappa shape index (κ3) is 4.48. The van der Waals surface area contributed by atoms with Gasteiger partial charge in [0.25, 0.3) is 0 Å². The lowest BCUT2D eigenvalue weighted by atomic mass is 10.2. The third-order valence-corrected chi connectivity index (χ3v) is 3.62. The van der Waals surface area contributed by atoms with E-state index in [2.05, 4.69) is 15.5 Å². The van der Waals surface area contributed by atoms with Crippen molar-refractivity contribution in [2.75, 3.05) is 5.75 Å². The maximum absolute atomic E-state index is 10.9. The first-order chi connectivity index (χ1) is 9.25. The van der Waals surface area contributed by atoms with Crippen molar-refractivity contribution in [1.82, 2.24) is 20.2 Å². The molecule has 19 heavy (non-hydrogen) atoms. The molecule has 0 bridgehead atoms. The van der Waals surface area contributed by atoms with Crippen LogP contribution in [0.5, 0.6) is 0 Å². The molecule has 100 valence electrons. The average molecular weight is 276 g/mol. The van der Waals surface area contributed by atoms with Gasteiger partial charge >= 0.3 is 0 Å². The minimum absolute atomic E-state index is 0.226. The van der Waals surface area contributed by atoms with Gasteiger partial charge in [-0.15, -0.1) is 5.10 Å². The molecule has 0 N–H and O–H groups in total. The Kier molecular flexibility index (Phi) is 5.09. The average Bonchev–Trinajstić information content (AvgIpc) is 2.83. The number of aromatic nitrogens is 4. The normalized spacial score (nSPS) is 10.6. The SMILES string of the molecule is CC(=O)CCCSc1nnnn1Cc1ccccc1. The van der Waals surface area contributed by atoms with Gasteiger partial charge in [0.05, 0.1) is 6.54 Å². The number of tetrazole rings is 1. The van der Waals surface area contributed by atoms with Crippen LogP contribution in [0.15, 0.2) is 35.5 Å². The van der Waals surface area contributed by atoms with Crippen molar-refractivity contribution >= 4 is 17.5 Å². The first-order valence-corrected chi connectivity index (χ1v) is 7.16. The van der Waals surface area contributed by atoms with Gasteiger partial charge in [-0.25, -0.2) is 4.68 Å². The first kappa shape index (κ1) is 13.7. The van der Waals surface area contributed by atoms with Crippen LogP contribution >= 0.6 is 11.8 Å². The first-order valence-electron chi connectivity index (χ1n) is 6.18. The molecule has 0 fully saturated rings. The van der Waals surface area contributed by atoms with Crippen LogP contribution in [0.1, 0.15) is 25.3 Å². The van der Waals surface area contributed by atoms with Crippen molar-refractivity contribution in [2.24, 2.45) is 0 Å². The fourth-order valence-corrected chi connectivity index (χ4v) is 2.46. The van der Waals surface area contributed by atoms with Gasteiger partial charge in [0.1, 0.15) is 5.78 Å². The fourth-order valence-electron chi connectivity index (χ4n) is 1.64. The molecule has 0 saturated carbocycles. The number of hydrogen-bond acceptors (Lipinski definition) is 5. The maximum Gasteiger partial charge on any atom is 0.209 e. The summed E-state index contributed by atoms with van der Waals surface area (Å²) in [6, 6.07) is 10.1. The van der Waals surface area contributed by atoms with Crippen LogP contribution in [0.25, 0.3) is 0 Å². The largest absolute Gasteiger partial charge is 0.300 e. The molecule has 0 atom stereocenters. The highest BCUT2D eigenvalue weighted by molar-refractivity contribution is 7.99. The zero-order valence-electron chi connectivity index (χ0n) is 10.8. The molecular weight excluding hydrogens is 260 g/mol. The smallest absolute Gasteiger partial charge is 0.209 e. The number of rotatable bonds is 7. The summed E-state index contributed by atoms with van der Waals surface area (Å²) in [5.74, 6) is 1.08. The van der Waals surface area contributed by atoms with E-state index in [1.54, 1.807) is 23.4 Å². The summed E-state index contributed by atoms with van der Waals surface area (Å²) >= 11 is 1.59. The minimum Gasteiger partial charge on any atom is -0.300 e. The van der Waals surface area contributed by atoms with E-state index in [0.717, 1.165) is 17.3 Å². The Morgan fingerprint density at radius 1 is 1.32 bits per heavy atom. The molecule has 0 saturated heterocycles. The fraction of sp³-hybridized carbons (Fsp3) is 0.385.